The highest BCUT2D eigenvalue weighted by Crippen LogP contribution is 2.22. The molecule has 0 saturated heterocycles. The van der Waals surface area contributed by atoms with E-state index in [9.17, 15) is 4.79 Å². The van der Waals surface area contributed by atoms with E-state index in [0.717, 1.165) is 16.8 Å². The predicted octanol–water partition coefficient (Wildman–Crippen LogP) is 4.38. The molecule has 26 heavy (non-hydrogen) atoms. The summed E-state index contributed by atoms with van der Waals surface area (Å²) < 4.78 is 1.62. The number of hydrogen-bond acceptors (Lipinski definition) is 4. The van der Waals surface area contributed by atoms with Crippen LogP contribution in [0.5, 0.6) is 0 Å². The number of aryl methyl sites for hydroxylation is 1. The van der Waals surface area contributed by atoms with Crippen LogP contribution in [0.3, 0.4) is 0 Å². The van der Waals surface area contributed by atoms with Crippen molar-refractivity contribution in [2.75, 3.05) is 0 Å². The molecule has 3 aromatic heterocycles. The van der Waals surface area contributed by atoms with Crippen LogP contribution in [0.1, 0.15) is 34.2 Å². The van der Waals surface area contributed by atoms with Crippen LogP contribution in [0.2, 0.25) is 0 Å². The van der Waals surface area contributed by atoms with Crippen molar-refractivity contribution in [1.82, 2.24) is 19.6 Å². The van der Waals surface area contributed by atoms with Gasteiger partial charge in [0, 0.05) is 23.0 Å². The maximum absolute atomic E-state index is 12.8. The molecule has 0 spiro atoms. The summed E-state index contributed by atoms with van der Waals surface area (Å²) in [6, 6.07) is 5.36. The first-order valence-corrected chi connectivity index (χ1v) is 8.38. The fourth-order valence-corrected chi connectivity index (χ4v) is 2.68. The van der Waals surface area contributed by atoms with E-state index >= 15 is 0 Å². The number of fused-ring (bicyclic) bond motifs is 1. The van der Waals surface area contributed by atoms with Crippen molar-refractivity contribution in [1.29, 1.82) is 0 Å². The third-order valence-electron chi connectivity index (χ3n) is 3.74. The summed E-state index contributed by atoms with van der Waals surface area (Å²) >= 11 is 5.95. The molecule has 0 bridgehead atoms. The first-order valence-electron chi connectivity index (χ1n) is 8.00. The zero-order valence-electron chi connectivity index (χ0n) is 14.5. The molecule has 0 aromatic carbocycles. The van der Waals surface area contributed by atoms with Gasteiger partial charge in [0.1, 0.15) is 5.69 Å². The summed E-state index contributed by atoms with van der Waals surface area (Å²) in [7, 11) is 0. The zero-order chi connectivity index (χ0) is 18.7. The maximum Gasteiger partial charge on any atom is 0.216 e. The van der Waals surface area contributed by atoms with Gasteiger partial charge < -0.3 is 0 Å². The quantitative estimate of drug-likeness (QED) is 0.498. The van der Waals surface area contributed by atoms with E-state index < -0.39 is 0 Å². The highest BCUT2D eigenvalue weighted by atomic mass is 35.5. The summed E-state index contributed by atoms with van der Waals surface area (Å²) in [5, 5.41) is 4.75. The highest BCUT2D eigenvalue weighted by Gasteiger charge is 2.18. The number of hydrogen-bond donors (Lipinski definition) is 0. The Kier molecular flexibility index (Phi) is 5.09. The van der Waals surface area contributed by atoms with E-state index in [1.165, 1.54) is 6.20 Å². The average molecular weight is 365 g/mol. The number of allylic oxidation sites excluding steroid dienone is 5. The predicted molar refractivity (Wildman–Crippen MR) is 103 cm³/mol. The number of carbonyl (C=O) groups is 1. The number of carbonyl (C=O) groups excluding carboxylic acids is 1. The normalized spacial score (nSPS) is 12.0. The van der Waals surface area contributed by atoms with Crippen molar-refractivity contribution in [3.63, 3.8) is 0 Å². The molecule has 0 amide bonds. The third-order valence-corrected chi connectivity index (χ3v) is 3.85. The molecule has 0 aliphatic rings. The van der Waals surface area contributed by atoms with Gasteiger partial charge in [0.05, 0.1) is 17.5 Å². The largest absolute Gasteiger partial charge is 0.287 e. The maximum atomic E-state index is 12.8. The summed E-state index contributed by atoms with van der Waals surface area (Å²) in [5.74, 6) is -0.219. The molecule has 0 atom stereocenters. The molecule has 6 heteroatoms. The molecule has 0 radical (unpaired) electrons. The fourth-order valence-electron chi connectivity index (χ4n) is 2.57. The lowest BCUT2D eigenvalue weighted by Gasteiger charge is -2.06. The van der Waals surface area contributed by atoms with Gasteiger partial charge in [0.2, 0.25) is 5.78 Å². The summed E-state index contributed by atoms with van der Waals surface area (Å²) in [6.07, 6.45) is 10.3. The molecule has 0 aliphatic heterocycles. The minimum Gasteiger partial charge on any atom is -0.287 e. The number of halogens is 1. The second kappa shape index (κ2) is 7.45. The molecular formula is C20H17ClN4O. The number of rotatable bonds is 5. The van der Waals surface area contributed by atoms with Crippen molar-refractivity contribution >= 4 is 28.6 Å². The van der Waals surface area contributed by atoms with E-state index in [0.29, 0.717) is 21.9 Å². The zero-order valence-corrected chi connectivity index (χ0v) is 15.2. The van der Waals surface area contributed by atoms with E-state index in [1.807, 2.05) is 38.1 Å². The van der Waals surface area contributed by atoms with E-state index in [4.69, 9.17) is 11.6 Å². The molecular weight excluding hydrogens is 348 g/mol. The first kappa shape index (κ1) is 17.8. The molecule has 5 nitrogen and oxygen atoms in total. The lowest BCUT2D eigenvalue weighted by molar-refractivity contribution is 0.103. The molecule has 3 aromatic rings. The standard InChI is InChI=1S/C20H17ClN4O/c1-4-5-15(10-14(3)21)18-8-9-22-20-16(12-24-25(18)20)19(26)17-7-6-13(2)11-23-17/h4-12H,3H2,1-2H3/b5-4?,15-10+. The minimum atomic E-state index is -0.219. The first-order chi connectivity index (χ1) is 12.5. The summed E-state index contributed by atoms with van der Waals surface area (Å²) in [6.45, 7) is 7.54. The van der Waals surface area contributed by atoms with Crippen molar-refractivity contribution in [3.8, 4) is 0 Å². The summed E-state index contributed by atoms with van der Waals surface area (Å²) in [5.41, 5.74) is 3.78. The van der Waals surface area contributed by atoms with Gasteiger partial charge in [-0.05, 0) is 37.6 Å². The Bertz CT molecular complexity index is 1050. The van der Waals surface area contributed by atoms with Gasteiger partial charge in [-0.3, -0.25) is 9.78 Å². The van der Waals surface area contributed by atoms with Crippen LogP contribution in [0.15, 0.2) is 66.6 Å². The van der Waals surface area contributed by atoms with Gasteiger partial charge >= 0.3 is 0 Å². The van der Waals surface area contributed by atoms with E-state index in [2.05, 4.69) is 21.6 Å². The van der Waals surface area contributed by atoms with Crippen molar-refractivity contribution in [2.24, 2.45) is 0 Å². The highest BCUT2D eigenvalue weighted by molar-refractivity contribution is 6.31. The number of aromatic nitrogens is 4. The van der Waals surface area contributed by atoms with Crippen LogP contribution in [0, 0.1) is 6.92 Å². The van der Waals surface area contributed by atoms with E-state index in [1.54, 1.807) is 29.1 Å². The van der Waals surface area contributed by atoms with E-state index in [-0.39, 0.29) is 5.78 Å². The molecule has 0 fully saturated rings. The molecule has 0 saturated carbocycles. The Morgan fingerprint density at radius 2 is 2.04 bits per heavy atom. The van der Waals surface area contributed by atoms with Crippen LogP contribution >= 0.6 is 11.6 Å². The Hall–Kier alpha value is -3.05. The average Bonchev–Trinajstić information content (AvgIpc) is 3.05. The monoisotopic (exact) mass is 364 g/mol. The van der Waals surface area contributed by atoms with Gasteiger partial charge in [0.15, 0.2) is 5.65 Å². The molecule has 130 valence electrons. The van der Waals surface area contributed by atoms with Crippen LogP contribution < -0.4 is 0 Å². The summed E-state index contributed by atoms with van der Waals surface area (Å²) in [4.78, 5) is 21.3. The van der Waals surface area contributed by atoms with Crippen LogP contribution in [0.25, 0.3) is 11.2 Å². The van der Waals surface area contributed by atoms with Crippen molar-refractivity contribution < 1.29 is 4.79 Å². The Morgan fingerprint density at radius 3 is 2.69 bits per heavy atom. The van der Waals surface area contributed by atoms with Crippen LogP contribution in [-0.2, 0) is 0 Å². The minimum absolute atomic E-state index is 0.219. The van der Waals surface area contributed by atoms with Crippen LogP contribution in [0.4, 0.5) is 0 Å². The van der Waals surface area contributed by atoms with Gasteiger partial charge in [-0.15, -0.1) is 0 Å². The third kappa shape index (κ3) is 3.48. The lowest BCUT2D eigenvalue weighted by atomic mass is 10.1. The van der Waals surface area contributed by atoms with Crippen molar-refractivity contribution in [3.05, 3.63) is 89.1 Å². The number of ketones is 1. The van der Waals surface area contributed by atoms with Gasteiger partial charge in [-0.1, -0.05) is 36.4 Å². The molecule has 0 aliphatic carbocycles. The fraction of sp³-hybridized carbons (Fsp3) is 0.100. The van der Waals surface area contributed by atoms with Gasteiger partial charge in [-0.2, -0.15) is 5.10 Å². The molecule has 3 heterocycles. The van der Waals surface area contributed by atoms with Gasteiger partial charge in [0.25, 0.3) is 0 Å². The Morgan fingerprint density at radius 1 is 1.23 bits per heavy atom. The number of pyridine rings is 1. The Labute approximate surface area is 156 Å². The SMILES string of the molecule is C=C(Cl)/C=C(\C=CC)c1ccnc2c(C(=O)c3ccc(C)cn3)cnn12. The number of nitrogens with zero attached hydrogens (tertiary/aromatic N) is 4. The van der Waals surface area contributed by atoms with Crippen LogP contribution in [-0.4, -0.2) is 25.4 Å². The van der Waals surface area contributed by atoms with Gasteiger partial charge in [-0.25, -0.2) is 9.50 Å². The molecule has 0 N–H and O–H groups in total. The second-order valence-electron chi connectivity index (χ2n) is 5.72. The molecule has 0 unspecified atom stereocenters. The van der Waals surface area contributed by atoms with Crippen molar-refractivity contribution in [2.45, 2.75) is 13.8 Å². The smallest absolute Gasteiger partial charge is 0.216 e. The second-order valence-corrected chi connectivity index (χ2v) is 6.21. The lowest BCUT2D eigenvalue weighted by Crippen LogP contribution is -2.05. The molecule has 3 rings (SSSR count). The Balaban J connectivity index is 2.13. The topological polar surface area (TPSA) is 60.2 Å².